The predicted molar refractivity (Wildman–Crippen MR) is 638 cm³/mol. The van der Waals surface area contributed by atoms with E-state index in [1.165, 1.54) is 186 Å². The van der Waals surface area contributed by atoms with Crippen molar-refractivity contribution < 1.29 is 8.83 Å². The molecular formula is C145H97N3O2. The highest BCUT2D eigenvalue weighted by atomic mass is 16.3. The van der Waals surface area contributed by atoms with Crippen LogP contribution in [0.5, 0.6) is 0 Å². The Morgan fingerprint density at radius 3 is 0.767 bits per heavy atom. The Morgan fingerprint density at radius 2 is 0.387 bits per heavy atom. The van der Waals surface area contributed by atoms with Gasteiger partial charge in [-0.2, -0.15) is 0 Å². The second-order valence-electron chi connectivity index (χ2n) is 40.0. The summed E-state index contributed by atoms with van der Waals surface area (Å²) < 4.78 is 12.5. The van der Waals surface area contributed by atoms with Crippen LogP contribution in [0.15, 0.2) is 561 Å². The lowest BCUT2D eigenvalue weighted by Crippen LogP contribution is -2.16. The zero-order valence-corrected chi connectivity index (χ0v) is 82.7. The van der Waals surface area contributed by atoms with Gasteiger partial charge in [0.05, 0.1) is 5.69 Å². The van der Waals surface area contributed by atoms with Crippen molar-refractivity contribution >= 4 is 203 Å². The number of anilines is 9. The third-order valence-corrected chi connectivity index (χ3v) is 31.1. The summed E-state index contributed by atoms with van der Waals surface area (Å²) in [5.41, 5.74) is 31.1. The number of nitrogens with zero attached hydrogens (tertiary/aromatic N) is 3. The van der Waals surface area contributed by atoms with E-state index in [2.05, 4.69) is 556 Å². The van der Waals surface area contributed by atoms with Crippen molar-refractivity contribution in [2.75, 3.05) is 14.7 Å². The van der Waals surface area contributed by atoms with Gasteiger partial charge in [-0.3, -0.25) is 0 Å². The molecule has 0 fully saturated rings. The molecular weight excluding hydrogens is 1820 g/mol. The van der Waals surface area contributed by atoms with Gasteiger partial charge in [0.15, 0.2) is 0 Å². The molecule has 2 aromatic heterocycles. The van der Waals surface area contributed by atoms with E-state index in [9.17, 15) is 0 Å². The Bertz CT molecular complexity index is 10200. The molecule has 5 nitrogen and oxygen atoms in total. The third-order valence-electron chi connectivity index (χ3n) is 31.1. The lowest BCUT2D eigenvalue weighted by molar-refractivity contribution is 0.660. The van der Waals surface area contributed by atoms with Crippen molar-refractivity contribution in [2.45, 2.75) is 19.3 Å². The van der Waals surface area contributed by atoms with Crippen molar-refractivity contribution in [3.8, 4) is 66.8 Å². The molecule has 0 radical (unpaired) electrons. The van der Waals surface area contributed by atoms with Crippen LogP contribution in [-0.4, -0.2) is 0 Å². The molecule has 0 aliphatic heterocycles. The van der Waals surface area contributed by atoms with Crippen molar-refractivity contribution in [1.82, 2.24) is 0 Å². The lowest BCUT2D eigenvalue weighted by atomic mass is 9.82. The second kappa shape index (κ2) is 36.7. The monoisotopic (exact) mass is 1910 g/mol. The van der Waals surface area contributed by atoms with Crippen molar-refractivity contribution in [1.29, 1.82) is 0 Å². The third kappa shape index (κ3) is 15.4. The fourth-order valence-electron chi connectivity index (χ4n) is 23.8. The van der Waals surface area contributed by atoms with Crippen molar-refractivity contribution in [3.63, 3.8) is 0 Å². The zero-order valence-electron chi connectivity index (χ0n) is 82.7. The number of hydrogen-bond acceptors (Lipinski definition) is 5. The van der Waals surface area contributed by atoms with Crippen LogP contribution in [0.4, 0.5) is 51.2 Å². The standard InChI is InChI=1S/C52H33NO.C47H35N.C46H29NO/c1-3-13-41-36(11-1)31-48(45-17-7-5-15-43(41)45)34-21-25-38(26-22-34)53(40-29-30-52-50(33-40)47-19-9-10-20-51(47)54-52)39-27-23-35(24-28-39)49-32-37-12-2-4-14-42(37)44-16-6-8-18-46(44)49;1-47(2)45-19-11-10-18-42(45)43-29-28-38(31-46(43)47)48(36-24-20-33(21-25-36)32-12-4-3-5-13-32)37-26-22-34(23-27-37)44-30-35-14-6-7-15-39(35)40-16-8-9-17-41(40)44;1-3-13-35-31(11-1)27-42(39-17-6-5-15-37(35)39)30-21-23-33(24-22-30)47(34-25-26-46-43(29-34)41-19-9-10-20-45(41)48-46)44-28-32-12-2-4-14-36(32)38-16-7-8-18-40(38)44/h1-33H;3-31H,1-2H3;1-29H. The largest absolute Gasteiger partial charge is 0.456 e. The van der Waals surface area contributed by atoms with Gasteiger partial charge in [0.1, 0.15) is 22.3 Å². The smallest absolute Gasteiger partial charge is 0.135 e. The summed E-state index contributed by atoms with van der Waals surface area (Å²) in [4.78, 5) is 7.15. The van der Waals surface area contributed by atoms with Gasteiger partial charge < -0.3 is 23.5 Å². The van der Waals surface area contributed by atoms with Gasteiger partial charge in [-0.25, -0.2) is 0 Å². The number of para-hydroxylation sites is 2. The first-order chi connectivity index (χ1) is 74.1. The minimum Gasteiger partial charge on any atom is -0.456 e. The van der Waals surface area contributed by atoms with Gasteiger partial charge in [-0.1, -0.05) is 414 Å². The first kappa shape index (κ1) is 88.3. The van der Waals surface area contributed by atoms with E-state index in [1.54, 1.807) is 0 Å². The van der Waals surface area contributed by atoms with E-state index < -0.39 is 0 Å². The fourth-order valence-corrected chi connectivity index (χ4v) is 23.8. The van der Waals surface area contributed by atoms with Crippen LogP contribution in [0.2, 0.25) is 0 Å². The first-order valence-electron chi connectivity index (χ1n) is 51.7. The van der Waals surface area contributed by atoms with E-state index in [-0.39, 0.29) is 5.41 Å². The molecule has 5 heteroatoms. The Kier molecular flexibility index (Phi) is 21.6. The molecule has 27 aromatic carbocycles. The number of rotatable bonds is 14. The summed E-state index contributed by atoms with van der Waals surface area (Å²) in [5, 5.41) is 29.7. The quantitative estimate of drug-likeness (QED) is 0.101. The van der Waals surface area contributed by atoms with Gasteiger partial charge in [0, 0.05) is 77.8 Å². The number of furan rings is 2. The lowest BCUT2D eigenvalue weighted by Gasteiger charge is -2.28. The van der Waals surface area contributed by atoms with E-state index in [1.807, 2.05) is 24.3 Å². The molecule has 2 heterocycles. The van der Waals surface area contributed by atoms with E-state index >= 15 is 0 Å². The molecule has 150 heavy (non-hydrogen) atoms. The summed E-state index contributed by atoms with van der Waals surface area (Å²) >= 11 is 0. The van der Waals surface area contributed by atoms with Crippen molar-refractivity contribution in [3.05, 3.63) is 563 Å². The maximum Gasteiger partial charge on any atom is 0.135 e. The number of fused-ring (bicyclic) bond motifs is 24. The van der Waals surface area contributed by atoms with Gasteiger partial charge in [0.2, 0.25) is 0 Å². The molecule has 30 rings (SSSR count). The van der Waals surface area contributed by atoms with Crippen molar-refractivity contribution in [2.24, 2.45) is 0 Å². The topological polar surface area (TPSA) is 36.0 Å². The van der Waals surface area contributed by atoms with Crippen LogP contribution in [0.1, 0.15) is 25.0 Å². The van der Waals surface area contributed by atoms with Crippen LogP contribution < -0.4 is 14.7 Å². The van der Waals surface area contributed by atoms with E-state index in [0.717, 1.165) is 95.1 Å². The van der Waals surface area contributed by atoms with E-state index in [0.29, 0.717) is 0 Å². The maximum absolute atomic E-state index is 6.24. The average molecular weight is 1910 g/mol. The summed E-state index contributed by atoms with van der Waals surface area (Å²) in [6.45, 7) is 4.70. The Hall–Kier alpha value is -19.5. The normalized spacial score (nSPS) is 12.1. The summed E-state index contributed by atoms with van der Waals surface area (Å²) in [5.74, 6) is 0. The summed E-state index contributed by atoms with van der Waals surface area (Å²) in [7, 11) is 0. The van der Waals surface area contributed by atoms with Crippen LogP contribution >= 0.6 is 0 Å². The summed E-state index contributed by atoms with van der Waals surface area (Å²) in [6, 6.07) is 200. The zero-order chi connectivity index (χ0) is 99.4. The summed E-state index contributed by atoms with van der Waals surface area (Å²) in [6.07, 6.45) is 0. The average Bonchev–Trinajstić information content (AvgIpc) is 1.60. The highest BCUT2D eigenvalue weighted by Gasteiger charge is 2.36. The molecule has 0 saturated heterocycles. The van der Waals surface area contributed by atoms with E-state index in [4.69, 9.17) is 8.83 Å². The second-order valence-corrected chi connectivity index (χ2v) is 40.0. The molecule has 1 aliphatic carbocycles. The molecule has 0 unspecified atom stereocenters. The Labute approximate surface area is 869 Å². The Morgan fingerprint density at radius 1 is 0.140 bits per heavy atom. The number of benzene rings is 27. The van der Waals surface area contributed by atoms with Crippen LogP contribution in [0.25, 0.3) is 218 Å². The highest BCUT2D eigenvalue weighted by Crippen LogP contribution is 2.54. The van der Waals surface area contributed by atoms with Gasteiger partial charge in [-0.15, -0.1) is 0 Å². The molecule has 29 aromatic rings. The fraction of sp³-hybridized carbons (Fsp3) is 0.0207. The molecule has 704 valence electrons. The predicted octanol–water partition coefficient (Wildman–Crippen LogP) is 41.4. The molecule has 0 spiro atoms. The van der Waals surface area contributed by atoms with Crippen LogP contribution in [-0.2, 0) is 5.41 Å². The molecule has 0 amide bonds. The van der Waals surface area contributed by atoms with Crippen LogP contribution in [0.3, 0.4) is 0 Å². The van der Waals surface area contributed by atoms with Crippen LogP contribution in [0, 0.1) is 0 Å². The molecule has 0 atom stereocenters. The minimum absolute atomic E-state index is 0.0776. The first-order valence-corrected chi connectivity index (χ1v) is 51.7. The SMILES string of the molecule is CC1(C)c2ccccc2-c2ccc(N(c3ccc(-c4ccccc4)cc3)c3ccc(-c4cc5ccccc5c5ccccc45)cc3)cc21.c1ccc2c(c1)cc(-c1ccc(N(c3ccc(-c4cc5ccccc5c5ccccc45)cc3)c3ccc4oc5ccccc5c4c3)cc1)c1ccccc12.c1ccc2c(c1)cc(-c1ccc(N(c3ccc4oc5ccccc5c4c3)c3cc4ccccc4c4ccccc34)cc1)c1ccccc12. The maximum atomic E-state index is 6.24. The number of hydrogen-bond donors (Lipinski definition) is 0. The molecule has 1 aliphatic rings. The molecule has 0 N–H and O–H groups in total. The van der Waals surface area contributed by atoms with Gasteiger partial charge in [0.25, 0.3) is 0 Å². The molecule has 0 bridgehead atoms. The Balaban J connectivity index is 0.000000108. The minimum atomic E-state index is -0.0776. The van der Waals surface area contributed by atoms with Gasteiger partial charge >= 0.3 is 0 Å². The molecule has 0 saturated carbocycles. The highest BCUT2D eigenvalue weighted by molar-refractivity contribution is 6.20. The van der Waals surface area contributed by atoms with Gasteiger partial charge in [-0.05, 0) is 332 Å².